The van der Waals surface area contributed by atoms with Crippen molar-refractivity contribution in [3.8, 4) is 17.2 Å². The number of rotatable bonds is 5. The summed E-state index contributed by atoms with van der Waals surface area (Å²) < 4.78 is 10.9. The molecule has 2 aromatic rings. The Kier molecular flexibility index (Phi) is 6.06. The second-order valence-corrected chi connectivity index (χ2v) is 11.4. The number of carbonyl (C=O) groups is 4. The Balaban J connectivity index is 1.51. The zero-order valence-electron chi connectivity index (χ0n) is 21.7. The molecule has 0 unspecified atom stereocenters. The predicted molar refractivity (Wildman–Crippen MR) is 142 cm³/mol. The molecule has 8 nitrogen and oxygen atoms in total. The second-order valence-electron chi connectivity index (χ2n) is 10.3. The molecule has 0 bridgehead atoms. The molecule has 39 heavy (non-hydrogen) atoms. The number of ether oxygens (including phenoxy) is 2. The highest BCUT2D eigenvalue weighted by Crippen LogP contribution is 2.58. The minimum absolute atomic E-state index is 0.146. The summed E-state index contributed by atoms with van der Waals surface area (Å²) in [7, 11) is 2.93. The van der Waals surface area contributed by atoms with E-state index in [4.69, 9.17) is 9.47 Å². The first-order chi connectivity index (χ1) is 18.7. The monoisotopic (exact) mass is 545 g/mol. The van der Waals surface area contributed by atoms with Gasteiger partial charge in [0.25, 0.3) is 0 Å². The maximum absolute atomic E-state index is 13.8. The van der Waals surface area contributed by atoms with E-state index in [9.17, 15) is 24.3 Å². The van der Waals surface area contributed by atoms with E-state index in [0.29, 0.717) is 40.2 Å². The van der Waals surface area contributed by atoms with Crippen molar-refractivity contribution in [1.29, 1.82) is 0 Å². The van der Waals surface area contributed by atoms with Crippen LogP contribution in [0.15, 0.2) is 64.1 Å². The van der Waals surface area contributed by atoms with Gasteiger partial charge in [0, 0.05) is 45.2 Å². The number of Topliss-reactive ketones (excluding diaryl/α,β-unsaturated/α-hetero) is 1. The number of allylic oxidation sites excluding steroid dienone is 6. The molecule has 6 rings (SSSR count). The highest BCUT2D eigenvalue weighted by molar-refractivity contribution is 7.09. The minimum Gasteiger partial charge on any atom is -0.507 e. The number of thiophene rings is 1. The van der Waals surface area contributed by atoms with Crippen LogP contribution in [-0.4, -0.2) is 47.6 Å². The van der Waals surface area contributed by atoms with Crippen LogP contribution in [0.5, 0.6) is 17.2 Å². The van der Waals surface area contributed by atoms with E-state index in [1.807, 2.05) is 23.6 Å². The topological polar surface area (TPSA) is 110 Å². The van der Waals surface area contributed by atoms with Crippen molar-refractivity contribution in [3.63, 3.8) is 0 Å². The summed E-state index contributed by atoms with van der Waals surface area (Å²) in [4.78, 5) is 56.4. The molecule has 0 radical (unpaired) electrons. The smallest absolute Gasteiger partial charge is 0.234 e. The van der Waals surface area contributed by atoms with Crippen LogP contribution >= 0.6 is 11.3 Å². The lowest BCUT2D eigenvalue weighted by atomic mass is 9.59. The van der Waals surface area contributed by atoms with Gasteiger partial charge in [-0.1, -0.05) is 17.7 Å². The molecule has 4 aliphatic rings. The molecular formula is C30H27NO7S. The number of hydrogen-bond donors (Lipinski definition) is 1. The van der Waals surface area contributed by atoms with Crippen LogP contribution in [0.25, 0.3) is 0 Å². The van der Waals surface area contributed by atoms with Gasteiger partial charge in [0.15, 0.2) is 11.6 Å². The van der Waals surface area contributed by atoms with E-state index in [1.165, 1.54) is 42.6 Å². The largest absolute Gasteiger partial charge is 0.507 e. The summed E-state index contributed by atoms with van der Waals surface area (Å²) in [6.45, 7) is 1.82. The van der Waals surface area contributed by atoms with E-state index in [2.05, 4.69) is 0 Å². The Morgan fingerprint density at radius 2 is 1.87 bits per heavy atom. The lowest BCUT2D eigenvalue weighted by Gasteiger charge is -2.42. The van der Waals surface area contributed by atoms with Gasteiger partial charge in [-0.3, -0.25) is 24.1 Å². The van der Waals surface area contributed by atoms with Crippen molar-refractivity contribution < 1.29 is 33.8 Å². The number of aromatic hydroxyl groups is 1. The lowest BCUT2D eigenvalue weighted by molar-refractivity contribution is -0.140. The molecule has 1 saturated heterocycles. The molecule has 0 saturated carbocycles. The molecule has 2 heterocycles. The molecule has 1 aromatic heterocycles. The van der Waals surface area contributed by atoms with E-state index >= 15 is 0 Å². The molecule has 200 valence electrons. The van der Waals surface area contributed by atoms with Crippen molar-refractivity contribution in [1.82, 2.24) is 4.90 Å². The van der Waals surface area contributed by atoms with E-state index in [1.54, 1.807) is 13.0 Å². The third kappa shape index (κ3) is 3.78. The number of fused-ring (bicyclic) bond motifs is 3. The summed E-state index contributed by atoms with van der Waals surface area (Å²) in [6.07, 6.45) is 3.77. The Labute approximate surface area is 229 Å². The van der Waals surface area contributed by atoms with Gasteiger partial charge in [0.1, 0.15) is 17.2 Å². The Hall–Kier alpha value is -3.98. The van der Waals surface area contributed by atoms with Crippen molar-refractivity contribution >= 4 is 34.7 Å². The normalized spacial score (nSPS) is 26.2. The second kappa shape index (κ2) is 9.34. The van der Waals surface area contributed by atoms with Crippen LogP contribution in [-0.2, 0) is 25.7 Å². The van der Waals surface area contributed by atoms with Gasteiger partial charge < -0.3 is 14.6 Å². The van der Waals surface area contributed by atoms with Crippen LogP contribution in [0.3, 0.4) is 0 Å². The van der Waals surface area contributed by atoms with Crippen molar-refractivity contribution in [2.24, 2.45) is 17.8 Å². The molecule has 1 N–H and O–H groups in total. The zero-order valence-corrected chi connectivity index (χ0v) is 22.5. The first-order valence-corrected chi connectivity index (χ1v) is 13.7. The fraction of sp³-hybridized carbons (Fsp3) is 0.333. The van der Waals surface area contributed by atoms with Crippen molar-refractivity contribution in [2.45, 2.75) is 32.2 Å². The van der Waals surface area contributed by atoms with Gasteiger partial charge in [-0.15, -0.1) is 11.3 Å². The highest BCUT2D eigenvalue weighted by atomic mass is 32.1. The van der Waals surface area contributed by atoms with Crippen molar-refractivity contribution in [2.75, 3.05) is 14.2 Å². The average molecular weight is 546 g/mol. The van der Waals surface area contributed by atoms with Gasteiger partial charge in [-0.2, -0.15) is 0 Å². The number of phenolic OH excluding ortho intramolecular Hbond substituents is 1. The van der Waals surface area contributed by atoms with Gasteiger partial charge in [-0.05, 0) is 43.2 Å². The van der Waals surface area contributed by atoms with Gasteiger partial charge in [0.05, 0.1) is 32.6 Å². The highest BCUT2D eigenvalue weighted by Gasteiger charge is 2.56. The maximum Gasteiger partial charge on any atom is 0.234 e. The Bertz CT molecular complexity index is 1530. The maximum atomic E-state index is 13.8. The van der Waals surface area contributed by atoms with E-state index in [-0.39, 0.29) is 42.1 Å². The van der Waals surface area contributed by atoms with E-state index < -0.39 is 23.7 Å². The van der Waals surface area contributed by atoms with Gasteiger partial charge in [0.2, 0.25) is 11.8 Å². The number of nitrogens with zero attached hydrogens (tertiary/aromatic N) is 1. The van der Waals surface area contributed by atoms with Crippen LogP contribution in [0.1, 0.15) is 36.1 Å². The summed E-state index contributed by atoms with van der Waals surface area (Å²) in [5, 5.41) is 13.1. The predicted octanol–water partition coefficient (Wildman–Crippen LogP) is 4.10. The number of phenols is 1. The first-order valence-electron chi connectivity index (χ1n) is 12.8. The van der Waals surface area contributed by atoms with Crippen LogP contribution in [0, 0.1) is 17.8 Å². The molecule has 1 fully saturated rings. The van der Waals surface area contributed by atoms with Gasteiger partial charge >= 0.3 is 0 Å². The number of benzene rings is 1. The summed E-state index contributed by atoms with van der Waals surface area (Å²) in [5.41, 5.74) is 2.03. The quantitative estimate of drug-likeness (QED) is 0.342. The number of methoxy groups -OCH3 is 2. The number of ketones is 2. The fourth-order valence-electron chi connectivity index (χ4n) is 6.64. The van der Waals surface area contributed by atoms with Crippen LogP contribution in [0.2, 0.25) is 0 Å². The molecule has 4 atom stereocenters. The number of hydrogen-bond acceptors (Lipinski definition) is 8. The molecule has 2 amide bonds. The molecule has 1 aliphatic heterocycles. The number of amides is 2. The Morgan fingerprint density at radius 1 is 1.08 bits per heavy atom. The third-order valence-corrected chi connectivity index (χ3v) is 9.25. The molecule has 9 heteroatoms. The SMILES string of the molecule is COc1cc(O)c([C@H]2C3=CC[C@@H]4C(=O)N(Cc5cccs5)C(=O)[C@@H]4[C@@H]3CC3=C2C(=O)C(C)=CC3=O)c(OC)c1. The lowest BCUT2D eigenvalue weighted by Crippen LogP contribution is -2.39. The molecular weight excluding hydrogens is 518 g/mol. The summed E-state index contributed by atoms with van der Waals surface area (Å²) in [5.74, 6) is -2.99. The van der Waals surface area contributed by atoms with Crippen molar-refractivity contribution in [3.05, 3.63) is 74.5 Å². The summed E-state index contributed by atoms with van der Waals surface area (Å²) >= 11 is 1.48. The number of likely N-dealkylation sites (tertiary alicyclic amines) is 1. The van der Waals surface area contributed by atoms with Crippen LogP contribution < -0.4 is 9.47 Å². The average Bonchev–Trinajstić information content (AvgIpc) is 3.53. The molecule has 1 aromatic carbocycles. The number of imide groups is 1. The third-order valence-electron chi connectivity index (χ3n) is 8.39. The molecule has 3 aliphatic carbocycles. The summed E-state index contributed by atoms with van der Waals surface area (Å²) in [6, 6.07) is 6.84. The molecule has 0 spiro atoms. The Morgan fingerprint density at radius 3 is 2.56 bits per heavy atom. The first kappa shape index (κ1) is 25.3. The number of carbonyl (C=O) groups excluding carboxylic acids is 4. The standard InChI is InChI=1S/C30H27NO7S/c1-14-9-21(32)20-12-19-17(6-7-18-24(19)30(36)31(29(18)35)13-16-5-4-8-39-16)25(26(20)28(14)34)27-22(33)10-15(37-2)11-23(27)38-3/h4-6,8-11,18-19,24-25,33H,7,12-13H2,1-3H3/t18-,19+,24-,25-/m0/s1. The van der Waals surface area contributed by atoms with E-state index in [0.717, 1.165) is 10.5 Å². The van der Waals surface area contributed by atoms with Gasteiger partial charge in [-0.25, -0.2) is 0 Å². The minimum atomic E-state index is -0.810. The zero-order chi connectivity index (χ0) is 27.6. The van der Waals surface area contributed by atoms with Crippen LogP contribution in [0.4, 0.5) is 0 Å². The fourth-order valence-corrected chi connectivity index (χ4v) is 7.33.